The van der Waals surface area contributed by atoms with Crippen molar-refractivity contribution in [1.82, 2.24) is 4.90 Å². The molecule has 156 valence electrons. The van der Waals surface area contributed by atoms with E-state index in [-0.39, 0.29) is 29.8 Å². The number of imide groups is 1. The van der Waals surface area contributed by atoms with Crippen LogP contribution in [-0.4, -0.2) is 35.2 Å². The number of hydrogen-bond donors (Lipinski definition) is 1. The van der Waals surface area contributed by atoms with E-state index in [0.29, 0.717) is 17.0 Å². The van der Waals surface area contributed by atoms with Gasteiger partial charge in [-0.2, -0.15) is 0 Å². The summed E-state index contributed by atoms with van der Waals surface area (Å²) in [5.41, 5.74) is 1.31. The fraction of sp³-hybridized carbons (Fsp3) is 0.130. The average molecular weight is 418 g/mol. The molecule has 0 atom stereocenters. The Morgan fingerprint density at radius 1 is 0.968 bits per heavy atom. The summed E-state index contributed by atoms with van der Waals surface area (Å²) in [6.07, 6.45) is 1.47. The van der Waals surface area contributed by atoms with E-state index in [2.05, 4.69) is 5.32 Å². The average Bonchev–Trinajstić information content (AvgIpc) is 3.37. The van der Waals surface area contributed by atoms with Gasteiger partial charge in [0.1, 0.15) is 5.76 Å². The second-order valence-corrected chi connectivity index (χ2v) is 6.79. The van der Waals surface area contributed by atoms with E-state index >= 15 is 0 Å². The lowest BCUT2D eigenvalue weighted by molar-refractivity contribution is 0.0525. The van der Waals surface area contributed by atoms with Gasteiger partial charge in [-0.1, -0.05) is 6.07 Å². The Labute approximate surface area is 177 Å². The molecule has 0 saturated carbocycles. The summed E-state index contributed by atoms with van der Waals surface area (Å²) in [7, 11) is 0. The summed E-state index contributed by atoms with van der Waals surface area (Å²) in [6, 6.07) is 14.0. The van der Waals surface area contributed by atoms with Crippen LogP contribution in [-0.2, 0) is 11.3 Å². The zero-order valence-electron chi connectivity index (χ0n) is 16.6. The van der Waals surface area contributed by atoms with E-state index in [0.717, 1.165) is 4.90 Å². The van der Waals surface area contributed by atoms with Gasteiger partial charge in [-0.15, -0.1) is 0 Å². The van der Waals surface area contributed by atoms with Crippen molar-refractivity contribution in [3.8, 4) is 0 Å². The van der Waals surface area contributed by atoms with Crippen LogP contribution in [0.4, 0.5) is 5.69 Å². The van der Waals surface area contributed by atoms with E-state index in [4.69, 9.17) is 9.15 Å². The molecule has 3 amide bonds. The smallest absolute Gasteiger partial charge is 0.338 e. The Morgan fingerprint density at radius 3 is 2.52 bits per heavy atom. The van der Waals surface area contributed by atoms with Crippen molar-refractivity contribution in [2.45, 2.75) is 13.5 Å². The summed E-state index contributed by atoms with van der Waals surface area (Å²) in [4.78, 5) is 51.0. The third-order valence-corrected chi connectivity index (χ3v) is 4.76. The number of furan rings is 1. The number of ether oxygens (including phenoxy) is 1. The van der Waals surface area contributed by atoms with Gasteiger partial charge in [0.25, 0.3) is 17.7 Å². The number of amides is 3. The van der Waals surface area contributed by atoms with E-state index in [1.165, 1.54) is 30.5 Å². The van der Waals surface area contributed by atoms with Gasteiger partial charge in [-0.3, -0.25) is 19.3 Å². The summed E-state index contributed by atoms with van der Waals surface area (Å²) < 4.78 is 10.2. The quantitative estimate of drug-likeness (QED) is 0.485. The zero-order chi connectivity index (χ0) is 22.0. The maximum atomic E-state index is 12.7. The summed E-state index contributed by atoms with van der Waals surface area (Å²) in [6.45, 7) is 1.97. The van der Waals surface area contributed by atoms with Crippen LogP contribution in [0.3, 0.4) is 0 Å². The van der Waals surface area contributed by atoms with Crippen molar-refractivity contribution in [2.75, 3.05) is 11.9 Å². The highest BCUT2D eigenvalue weighted by Gasteiger charge is 2.36. The van der Waals surface area contributed by atoms with E-state index in [9.17, 15) is 19.2 Å². The molecule has 1 N–H and O–H groups in total. The molecule has 0 aliphatic carbocycles. The fourth-order valence-electron chi connectivity index (χ4n) is 3.28. The lowest BCUT2D eigenvalue weighted by Gasteiger charge is -2.11. The maximum Gasteiger partial charge on any atom is 0.338 e. The fourth-order valence-corrected chi connectivity index (χ4v) is 3.28. The number of anilines is 1. The number of hydrogen-bond acceptors (Lipinski definition) is 6. The molecule has 1 aromatic heterocycles. The Balaban J connectivity index is 1.53. The van der Waals surface area contributed by atoms with Crippen molar-refractivity contribution in [3.05, 3.63) is 88.9 Å². The molecule has 1 aliphatic heterocycles. The first-order valence-corrected chi connectivity index (χ1v) is 9.59. The predicted octanol–water partition coefficient (Wildman–Crippen LogP) is 3.50. The molecule has 0 radical (unpaired) electrons. The van der Waals surface area contributed by atoms with Gasteiger partial charge in [0.05, 0.1) is 36.1 Å². The van der Waals surface area contributed by atoms with Crippen molar-refractivity contribution < 1.29 is 28.3 Å². The minimum absolute atomic E-state index is 0.0154. The first-order chi connectivity index (χ1) is 15.0. The van der Waals surface area contributed by atoms with Gasteiger partial charge in [0, 0.05) is 11.3 Å². The Hall–Kier alpha value is -4.20. The number of nitrogens with zero attached hydrogens (tertiary/aromatic N) is 1. The van der Waals surface area contributed by atoms with Crippen LogP contribution in [0.25, 0.3) is 0 Å². The predicted molar refractivity (Wildman–Crippen MR) is 110 cm³/mol. The molecule has 2 heterocycles. The van der Waals surface area contributed by atoms with Gasteiger partial charge in [0.15, 0.2) is 0 Å². The first kappa shape index (κ1) is 20.1. The summed E-state index contributed by atoms with van der Waals surface area (Å²) in [5, 5.41) is 2.69. The van der Waals surface area contributed by atoms with Crippen LogP contribution in [0, 0.1) is 0 Å². The molecule has 0 saturated heterocycles. The third-order valence-electron chi connectivity index (χ3n) is 4.76. The van der Waals surface area contributed by atoms with Gasteiger partial charge < -0.3 is 14.5 Å². The van der Waals surface area contributed by atoms with Crippen LogP contribution in [0.1, 0.15) is 54.1 Å². The van der Waals surface area contributed by atoms with Gasteiger partial charge in [0.2, 0.25) is 0 Å². The monoisotopic (exact) mass is 418 g/mol. The van der Waals surface area contributed by atoms with Crippen molar-refractivity contribution >= 4 is 29.4 Å². The number of carbonyl (C=O) groups is 4. The highest BCUT2D eigenvalue weighted by Crippen LogP contribution is 2.26. The molecule has 0 unspecified atom stereocenters. The lowest BCUT2D eigenvalue weighted by atomic mass is 10.1. The minimum Gasteiger partial charge on any atom is -0.467 e. The third kappa shape index (κ3) is 3.95. The number of nitrogens with one attached hydrogen (secondary N) is 1. The molecular formula is C23H18N2O6. The Kier molecular flexibility index (Phi) is 5.36. The molecule has 2 aromatic carbocycles. The highest BCUT2D eigenvalue weighted by atomic mass is 16.5. The molecule has 1 aliphatic rings. The lowest BCUT2D eigenvalue weighted by Crippen LogP contribution is -2.28. The standard InChI is InChI=1S/C23H18N2O6/c1-2-30-23(29)15-5-3-6-16(11-15)24-20(26)14-8-9-18-19(12-14)22(28)25(21(18)27)13-17-7-4-10-31-17/h3-12H,2,13H2,1H3,(H,24,26). The van der Waals surface area contributed by atoms with Gasteiger partial charge >= 0.3 is 5.97 Å². The number of carbonyl (C=O) groups excluding carboxylic acids is 4. The molecule has 4 rings (SSSR count). The zero-order valence-corrected chi connectivity index (χ0v) is 16.6. The summed E-state index contributed by atoms with van der Waals surface area (Å²) >= 11 is 0. The summed E-state index contributed by atoms with van der Waals surface area (Å²) in [5.74, 6) is -1.42. The second kappa shape index (κ2) is 8.27. The number of rotatable bonds is 6. The largest absolute Gasteiger partial charge is 0.467 e. The molecule has 8 heteroatoms. The van der Waals surface area contributed by atoms with Gasteiger partial charge in [-0.05, 0) is 55.5 Å². The van der Waals surface area contributed by atoms with E-state index < -0.39 is 23.7 Å². The van der Waals surface area contributed by atoms with Crippen LogP contribution < -0.4 is 5.32 Å². The number of benzene rings is 2. The van der Waals surface area contributed by atoms with E-state index in [1.54, 1.807) is 37.3 Å². The molecule has 0 bridgehead atoms. The van der Waals surface area contributed by atoms with Gasteiger partial charge in [-0.25, -0.2) is 4.79 Å². The molecule has 31 heavy (non-hydrogen) atoms. The normalized spacial score (nSPS) is 12.6. The first-order valence-electron chi connectivity index (χ1n) is 9.59. The maximum absolute atomic E-state index is 12.7. The molecular weight excluding hydrogens is 400 g/mol. The molecule has 8 nitrogen and oxygen atoms in total. The number of fused-ring (bicyclic) bond motifs is 1. The SMILES string of the molecule is CCOC(=O)c1cccc(NC(=O)c2ccc3c(c2)C(=O)N(Cc2ccco2)C3=O)c1. The molecule has 0 spiro atoms. The van der Waals surface area contributed by atoms with Crippen LogP contribution in [0.2, 0.25) is 0 Å². The minimum atomic E-state index is -0.490. The molecule has 3 aromatic rings. The highest BCUT2D eigenvalue weighted by molar-refractivity contribution is 6.22. The van der Waals surface area contributed by atoms with Crippen LogP contribution >= 0.6 is 0 Å². The van der Waals surface area contributed by atoms with Crippen molar-refractivity contribution in [2.24, 2.45) is 0 Å². The van der Waals surface area contributed by atoms with Crippen molar-refractivity contribution in [3.63, 3.8) is 0 Å². The topological polar surface area (TPSA) is 106 Å². The van der Waals surface area contributed by atoms with E-state index in [1.807, 2.05) is 0 Å². The molecule has 0 fully saturated rings. The number of esters is 1. The Bertz CT molecular complexity index is 1180. The van der Waals surface area contributed by atoms with Crippen molar-refractivity contribution in [1.29, 1.82) is 0 Å². The van der Waals surface area contributed by atoms with Crippen LogP contribution in [0.5, 0.6) is 0 Å². The second-order valence-electron chi connectivity index (χ2n) is 6.79. The Morgan fingerprint density at radius 2 is 1.77 bits per heavy atom. The van der Waals surface area contributed by atoms with Crippen LogP contribution in [0.15, 0.2) is 65.3 Å².